The first kappa shape index (κ1) is 21.0. The van der Waals surface area contributed by atoms with Gasteiger partial charge in [0.2, 0.25) is 0 Å². The molecule has 1 aliphatic rings. The number of nitrogens with one attached hydrogen (secondary N) is 2. The third kappa shape index (κ3) is 6.12. The van der Waals surface area contributed by atoms with Gasteiger partial charge < -0.3 is 20.1 Å². The summed E-state index contributed by atoms with van der Waals surface area (Å²) in [6, 6.07) is 14.5. The van der Waals surface area contributed by atoms with E-state index in [1.165, 1.54) is 43.5 Å². The van der Waals surface area contributed by atoms with Gasteiger partial charge in [0.15, 0.2) is 17.5 Å². The van der Waals surface area contributed by atoms with Crippen molar-refractivity contribution in [1.82, 2.24) is 10.2 Å². The average Bonchev–Trinajstić information content (AvgIpc) is 2.78. The van der Waals surface area contributed by atoms with Gasteiger partial charge in [0.1, 0.15) is 0 Å². The summed E-state index contributed by atoms with van der Waals surface area (Å²) in [5.74, 6) is 2.08. The van der Waals surface area contributed by atoms with Crippen LogP contribution in [-0.2, 0) is 13.1 Å². The number of anilines is 1. The van der Waals surface area contributed by atoms with E-state index < -0.39 is 0 Å². The number of guanidine groups is 1. The topological polar surface area (TPSA) is 58.1 Å². The summed E-state index contributed by atoms with van der Waals surface area (Å²) >= 11 is 0. The molecular formula is C23H32N4O2. The van der Waals surface area contributed by atoms with Crippen LogP contribution in [0.4, 0.5) is 5.69 Å². The highest BCUT2D eigenvalue weighted by Gasteiger charge is 2.10. The first-order valence-corrected chi connectivity index (χ1v) is 10.2. The van der Waals surface area contributed by atoms with E-state index in [2.05, 4.69) is 44.8 Å². The van der Waals surface area contributed by atoms with Crippen LogP contribution in [0, 0.1) is 0 Å². The Bertz CT molecular complexity index is 799. The lowest BCUT2D eigenvalue weighted by Crippen LogP contribution is -2.30. The maximum atomic E-state index is 5.36. The van der Waals surface area contributed by atoms with Gasteiger partial charge >= 0.3 is 0 Å². The van der Waals surface area contributed by atoms with Crippen LogP contribution in [0.2, 0.25) is 0 Å². The van der Waals surface area contributed by atoms with Crippen LogP contribution in [-0.4, -0.2) is 45.2 Å². The van der Waals surface area contributed by atoms with Gasteiger partial charge in [-0.25, -0.2) is 0 Å². The van der Waals surface area contributed by atoms with E-state index in [0.717, 1.165) is 12.2 Å². The third-order valence-electron chi connectivity index (χ3n) is 5.21. The summed E-state index contributed by atoms with van der Waals surface area (Å²) in [6.07, 6.45) is 4.03. The van der Waals surface area contributed by atoms with Crippen LogP contribution >= 0.6 is 0 Å². The summed E-state index contributed by atoms with van der Waals surface area (Å²) in [5, 5.41) is 6.64. The number of ether oxygens (including phenoxy) is 2. The number of benzene rings is 2. The second kappa shape index (κ2) is 10.7. The lowest BCUT2D eigenvalue weighted by molar-refractivity contribution is 0.221. The average molecular weight is 397 g/mol. The molecule has 0 amide bonds. The van der Waals surface area contributed by atoms with E-state index in [1.54, 1.807) is 21.3 Å². The molecule has 0 bridgehead atoms. The molecule has 1 heterocycles. The number of rotatable bonds is 7. The molecule has 0 saturated carbocycles. The Labute approximate surface area is 173 Å². The van der Waals surface area contributed by atoms with E-state index in [-0.39, 0.29) is 0 Å². The molecule has 1 aliphatic heterocycles. The van der Waals surface area contributed by atoms with Crippen molar-refractivity contribution >= 4 is 11.6 Å². The molecule has 6 nitrogen and oxygen atoms in total. The number of aliphatic imine (C=N–C) groups is 1. The Hall–Kier alpha value is -2.73. The molecule has 0 unspecified atom stereocenters. The molecule has 0 radical (unpaired) electrons. The number of nitrogens with zero attached hydrogens (tertiary/aromatic N) is 2. The summed E-state index contributed by atoms with van der Waals surface area (Å²) in [7, 11) is 5.02. The number of hydrogen-bond acceptors (Lipinski definition) is 4. The highest BCUT2D eigenvalue weighted by Crippen LogP contribution is 2.29. The molecule has 0 spiro atoms. The van der Waals surface area contributed by atoms with Gasteiger partial charge in [0, 0.05) is 31.9 Å². The monoisotopic (exact) mass is 396 g/mol. The SMILES string of the molecule is CN=C(NCc1ccc(CN2CCCCC2)cc1)Nc1ccc(OC)c(OC)c1. The zero-order valence-corrected chi connectivity index (χ0v) is 17.7. The molecule has 6 heteroatoms. The second-order valence-electron chi connectivity index (χ2n) is 7.27. The molecule has 2 N–H and O–H groups in total. The number of likely N-dealkylation sites (tertiary alicyclic amines) is 1. The van der Waals surface area contributed by atoms with Crippen molar-refractivity contribution in [3.8, 4) is 11.5 Å². The van der Waals surface area contributed by atoms with E-state index in [1.807, 2.05) is 18.2 Å². The van der Waals surface area contributed by atoms with Crippen LogP contribution < -0.4 is 20.1 Å². The molecule has 2 aromatic carbocycles. The van der Waals surface area contributed by atoms with Crippen molar-refractivity contribution in [2.75, 3.05) is 39.7 Å². The third-order valence-corrected chi connectivity index (χ3v) is 5.21. The van der Waals surface area contributed by atoms with Gasteiger partial charge in [-0.05, 0) is 49.2 Å². The molecule has 1 fully saturated rings. The van der Waals surface area contributed by atoms with Crippen molar-refractivity contribution < 1.29 is 9.47 Å². The first-order chi connectivity index (χ1) is 14.2. The van der Waals surface area contributed by atoms with Crippen LogP contribution in [0.3, 0.4) is 0 Å². The summed E-state index contributed by atoms with van der Waals surface area (Å²) in [5.41, 5.74) is 3.48. The fraction of sp³-hybridized carbons (Fsp3) is 0.435. The second-order valence-corrected chi connectivity index (χ2v) is 7.27. The van der Waals surface area contributed by atoms with Crippen LogP contribution in [0.25, 0.3) is 0 Å². The Kier molecular flexibility index (Phi) is 7.76. The zero-order chi connectivity index (χ0) is 20.5. The summed E-state index contributed by atoms with van der Waals surface area (Å²) < 4.78 is 10.6. The highest BCUT2D eigenvalue weighted by atomic mass is 16.5. The smallest absolute Gasteiger partial charge is 0.195 e. The van der Waals surface area contributed by atoms with Gasteiger partial charge in [-0.3, -0.25) is 9.89 Å². The van der Waals surface area contributed by atoms with E-state index >= 15 is 0 Å². The minimum Gasteiger partial charge on any atom is -0.493 e. The van der Waals surface area contributed by atoms with Gasteiger partial charge in [0.05, 0.1) is 14.2 Å². The predicted octanol–water partition coefficient (Wildman–Crippen LogP) is 3.88. The summed E-state index contributed by atoms with van der Waals surface area (Å²) in [6.45, 7) is 4.20. The van der Waals surface area contributed by atoms with E-state index in [9.17, 15) is 0 Å². The molecular weight excluding hydrogens is 364 g/mol. The van der Waals surface area contributed by atoms with Crippen LogP contribution in [0.5, 0.6) is 11.5 Å². The zero-order valence-electron chi connectivity index (χ0n) is 17.7. The predicted molar refractivity (Wildman–Crippen MR) is 119 cm³/mol. The number of piperidine rings is 1. The summed E-state index contributed by atoms with van der Waals surface area (Å²) in [4.78, 5) is 6.85. The molecule has 2 aromatic rings. The Morgan fingerprint density at radius 3 is 2.28 bits per heavy atom. The van der Waals surface area contributed by atoms with Crippen molar-refractivity contribution in [1.29, 1.82) is 0 Å². The van der Waals surface area contributed by atoms with Crippen molar-refractivity contribution in [3.63, 3.8) is 0 Å². The first-order valence-electron chi connectivity index (χ1n) is 10.2. The van der Waals surface area contributed by atoms with E-state index in [4.69, 9.17) is 9.47 Å². The molecule has 0 atom stereocenters. The molecule has 1 saturated heterocycles. The van der Waals surface area contributed by atoms with Crippen molar-refractivity contribution in [2.45, 2.75) is 32.4 Å². The molecule has 3 rings (SSSR count). The van der Waals surface area contributed by atoms with Gasteiger partial charge in [0.25, 0.3) is 0 Å². The van der Waals surface area contributed by atoms with Crippen LogP contribution in [0.1, 0.15) is 30.4 Å². The Morgan fingerprint density at radius 2 is 1.62 bits per heavy atom. The standard InChI is InChI=1S/C23H32N4O2/c1-24-23(26-20-11-12-21(28-2)22(15-20)29-3)25-16-18-7-9-19(10-8-18)17-27-13-5-4-6-14-27/h7-12,15H,4-6,13-14,16-17H2,1-3H3,(H2,24,25,26). The van der Waals surface area contributed by atoms with Crippen LogP contribution in [0.15, 0.2) is 47.5 Å². The number of methoxy groups -OCH3 is 2. The lowest BCUT2D eigenvalue weighted by Gasteiger charge is -2.26. The number of hydrogen-bond donors (Lipinski definition) is 2. The van der Waals surface area contributed by atoms with Crippen molar-refractivity contribution in [3.05, 3.63) is 53.6 Å². The Balaban J connectivity index is 1.52. The quantitative estimate of drug-likeness (QED) is 0.549. The fourth-order valence-corrected chi connectivity index (χ4v) is 3.55. The maximum absolute atomic E-state index is 5.36. The molecule has 29 heavy (non-hydrogen) atoms. The highest BCUT2D eigenvalue weighted by molar-refractivity contribution is 5.93. The Morgan fingerprint density at radius 1 is 0.931 bits per heavy atom. The normalized spacial score (nSPS) is 15.1. The molecule has 0 aromatic heterocycles. The lowest BCUT2D eigenvalue weighted by atomic mass is 10.1. The molecule has 156 valence electrons. The largest absolute Gasteiger partial charge is 0.493 e. The molecule has 0 aliphatic carbocycles. The van der Waals surface area contributed by atoms with E-state index in [0.29, 0.717) is 24.0 Å². The fourth-order valence-electron chi connectivity index (χ4n) is 3.55. The maximum Gasteiger partial charge on any atom is 0.195 e. The minimum absolute atomic E-state index is 0.678. The van der Waals surface area contributed by atoms with Gasteiger partial charge in [-0.2, -0.15) is 0 Å². The van der Waals surface area contributed by atoms with Gasteiger partial charge in [-0.1, -0.05) is 30.7 Å². The minimum atomic E-state index is 0.678. The van der Waals surface area contributed by atoms with Gasteiger partial charge in [-0.15, -0.1) is 0 Å². The van der Waals surface area contributed by atoms with Crippen molar-refractivity contribution in [2.24, 2.45) is 4.99 Å².